The van der Waals surface area contributed by atoms with Crippen LogP contribution in [0, 0.1) is 5.41 Å². The molecule has 1 saturated carbocycles. The van der Waals surface area contributed by atoms with Crippen LogP contribution in [0.3, 0.4) is 0 Å². The highest BCUT2D eigenvalue weighted by atomic mass is 16.5. The maximum absolute atomic E-state index is 6.24. The lowest BCUT2D eigenvalue weighted by Gasteiger charge is -2.49. The third-order valence-corrected chi connectivity index (χ3v) is 2.64. The molecular formula is C13H26O. The minimum absolute atomic E-state index is 0.00562. The van der Waals surface area contributed by atoms with Crippen molar-refractivity contribution >= 4 is 0 Å². The Morgan fingerprint density at radius 2 is 1.50 bits per heavy atom. The van der Waals surface area contributed by atoms with Crippen LogP contribution in [0.5, 0.6) is 0 Å². The van der Waals surface area contributed by atoms with E-state index in [1.807, 2.05) is 0 Å². The predicted molar refractivity (Wildman–Crippen MR) is 61.5 cm³/mol. The summed E-state index contributed by atoms with van der Waals surface area (Å²) in [5, 5.41) is 0. The van der Waals surface area contributed by atoms with Gasteiger partial charge < -0.3 is 4.74 Å². The smallest absolute Gasteiger partial charge is 0.0694 e. The van der Waals surface area contributed by atoms with E-state index >= 15 is 0 Å². The topological polar surface area (TPSA) is 9.23 Å². The molecule has 1 fully saturated rings. The van der Waals surface area contributed by atoms with E-state index in [0.29, 0.717) is 5.41 Å². The van der Waals surface area contributed by atoms with Crippen molar-refractivity contribution in [3.8, 4) is 0 Å². The first-order valence-electron chi connectivity index (χ1n) is 5.82. The molecule has 0 aromatic heterocycles. The van der Waals surface area contributed by atoms with E-state index < -0.39 is 0 Å². The van der Waals surface area contributed by atoms with Gasteiger partial charge >= 0.3 is 0 Å². The minimum Gasteiger partial charge on any atom is -0.369 e. The molecule has 1 aliphatic carbocycles. The number of hydrogen-bond acceptors (Lipinski definition) is 1. The van der Waals surface area contributed by atoms with E-state index in [0.717, 1.165) is 0 Å². The number of hydrogen-bond donors (Lipinski definition) is 0. The highest BCUT2D eigenvalue weighted by Crippen LogP contribution is 2.46. The summed E-state index contributed by atoms with van der Waals surface area (Å²) < 4.78 is 6.24. The lowest BCUT2D eigenvalue weighted by Crippen LogP contribution is -2.47. The highest BCUT2D eigenvalue weighted by Gasteiger charge is 2.43. The van der Waals surface area contributed by atoms with Gasteiger partial charge in [0.25, 0.3) is 0 Å². The van der Waals surface area contributed by atoms with E-state index in [2.05, 4.69) is 41.5 Å². The second kappa shape index (κ2) is 3.52. The molecule has 0 amide bonds. The first-order chi connectivity index (χ1) is 6.12. The zero-order chi connectivity index (χ0) is 11.0. The third kappa shape index (κ3) is 3.61. The maximum Gasteiger partial charge on any atom is 0.0694 e. The first kappa shape index (κ1) is 12.0. The van der Waals surface area contributed by atoms with Crippen LogP contribution in [0.25, 0.3) is 0 Å². The van der Waals surface area contributed by atoms with Crippen LogP contribution >= 0.6 is 0 Å². The van der Waals surface area contributed by atoms with Gasteiger partial charge in [0.15, 0.2) is 0 Å². The van der Waals surface area contributed by atoms with Gasteiger partial charge in [-0.25, -0.2) is 0 Å². The molecule has 0 atom stereocenters. The molecule has 0 aromatic rings. The molecule has 0 spiro atoms. The zero-order valence-corrected chi connectivity index (χ0v) is 10.7. The summed E-state index contributed by atoms with van der Waals surface area (Å²) in [4.78, 5) is 0. The van der Waals surface area contributed by atoms with Gasteiger partial charge in [0, 0.05) is 0 Å². The Kier molecular flexibility index (Phi) is 3.02. The van der Waals surface area contributed by atoms with Gasteiger partial charge in [0.1, 0.15) is 0 Å². The van der Waals surface area contributed by atoms with Crippen LogP contribution in [0.4, 0.5) is 0 Å². The van der Waals surface area contributed by atoms with Gasteiger partial charge in [-0.05, 0) is 51.9 Å². The average molecular weight is 198 g/mol. The standard InChI is InChI=1S/C13H26O/c1-11(2,3)10-13(8-7-9-13)14-12(4,5)6/h7-10H2,1-6H3. The number of ether oxygens (including phenoxy) is 1. The highest BCUT2D eigenvalue weighted by molar-refractivity contribution is 4.94. The van der Waals surface area contributed by atoms with E-state index in [4.69, 9.17) is 4.74 Å². The molecule has 0 aliphatic heterocycles. The van der Waals surface area contributed by atoms with Gasteiger partial charge in [0.2, 0.25) is 0 Å². The van der Waals surface area contributed by atoms with Crippen molar-refractivity contribution in [1.29, 1.82) is 0 Å². The summed E-state index contributed by atoms with van der Waals surface area (Å²) >= 11 is 0. The Bertz CT molecular complexity index is 170. The van der Waals surface area contributed by atoms with Gasteiger partial charge in [-0.1, -0.05) is 20.8 Å². The Morgan fingerprint density at radius 1 is 1.00 bits per heavy atom. The van der Waals surface area contributed by atoms with Crippen molar-refractivity contribution in [2.24, 2.45) is 5.41 Å². The van der Waals surface area contributed by atoms with Crippen molar-refractivity contribution in [2.45, 2.75) is 78.4 Å². The van der Waals surface area contributed by atoms with Crippen LogP contribution in [0.1, 0.15) is 67.2 Å². The first-order valence-corrected chi connectivity index (χ1v) is 5.82. The predicted octanol–water partition coefficient (Wildman–Crippen LogP) is 4.16. The molecule has 1 heteroatoms. The molecule has 1 aliphatic rings. The Balaban J connectivity index is 2.59. The Hall–Kier alpha value is -0.0400. The summed E-state index contributed by atoms with van der Waals surface area (Å²) in [6.07, 6.45) is 5.03. The van der Waals surface area contributed by atoms with Gasteiger partial charge in [0.05, 0.1) is 11.2 Å². The van der Waals surface area contributed by atoms with Crippen molar-refractivity contribution in [2.75, 3.05) is 0 Å². The summed E-state index contributed by atoms with van der Waals surface area (Å²) in [5.41, 5.74) is 0.577. The largest absolute Gasteiger partial charge is 0.369 e. The number of rotatable bonds is 2. The van der Waals surface area contributed by atoms with Crippen molar-refractivity contribution in [3.05, 3.63) is 0 Å². The van der Waals surface area contributed by atoms with E-state index in [-0.39, 0.29) is 11.2 Å². The Labute approximate surface area is 89.2 Å². The lowest BCUT2D eigenvalue weighted by atomic mass is 9.70. The molecule has 1 rings (SSSR count). The van der Waals surface area contributed by atoms with Crippen molar-refractivity contribution in [1.82, 2.24) is 0 Å². The fraction of sp³-hybridized carbons (Fsp3) is 1.00. The molecule has 0 heterocycles. The molecule has 1 nitrogen and oxygen atoms in total. The normalized spacial score (nSPS) is 21.9. The fourth-order valence-corrected chi connectivity index (χ4v) is 2.50. The van der Waals surface area contributed by atoms with Gasteiger partial charge in [-0.2, -0.15) is 0 Å². The van der Waals surface area contributed by atoms with Crippen LogP contribution in [0.15, 0.2) is 0 Å². The summed E-state index contributed by atoms with van der Waals surface area (Å²) in [6.45, 7) is 13.4. The van der Waals surface area contributed by atoms with Gasteiger partial charge in [-0.15, -0.1) is 0 Å². The maximum atomic E-state index is 6.24. The molecule has 84 valence electrons. The molecule has 0 N–H and O–H groups in total. The third-order valence-electron chi connectivity index (χ3n) is 2.64. The minimum atomic E-state index is 0.00562. The molecule has 0 unspecified atom stereocenters. The quantitative estimate of drug-likeness (QED) is 0.647. The van der Waals surface area contributed by atoms with Crippen LogP contribution in [-0.4, -0.2) is 11.2 Å². The van der Waals surface area contributed by atoms with E-state index in [1.165, 1.54) is 25.7 Å². The van der Waals surface area contributed by atoms with Gasteiger partial charge in [-0.3, -0.25) is 0 Å². The summed E-state index contributed by atoms with van der Waals surface area (Å²) in [7, 11) is 0. The monoisotopic (exact) mass is 198 g/mol. The van der Waals surface area contributed by atoms with Crippen molar-refractivity contribution in [3.63, 3.8) is 0 Å². The average Bonchev–Trinajstić information content (AvgIpc) is 1.75. The second-order valence-corrected chi connectivity index (χ2v) is 6.99. The van der Waals surface area contributed by atoms with Crippen LogP contribution in [0.2, 0.25) is 0 Å². The summed E-state index contributed by atoms with van der Waals surface area (Å²) in [6, 6.07) is 0. The fourth-order valence-electron chi connectivity index (χ4n) is 2.50. The second-order valence-electron chi connectivity index (χ2n) is 6.99. The van der Waals surface area contributed by atoms with E-state index in [1.54, 1.807) is 0 Å². The molecule has 14 heavy (non-hydrogen) atoms. The molecule has 0 bridgehead atoms. The molecular weight excluding hydrogens is 172 g/mol. The van der Waals surface area contributed by atoms with E-state index in [9.17, 15) is 0 Å². The van der Waals surface area contributed by atoms with Crippen molar-refractivity contribution < 1.29 is 4.74 Å². The summed E-state index contributed by atoms with van der Waals surface area (Å²) in [5.74, 6) is 0. The molecule has 0 radical (unpaired) electrons. The van der Waals surface area contributed by atoms with Crippen LogP contribution in [-0.2, 0) is 4.74 Å². The lowest BCUT2D eigenvalue weighted by molar-refractivity contribution is -0.185. The SMILES string of the molecule is CC(C)(C)CC1(OC(C)(C)C)CCC1. The Morgan fingerprint density at radius 3 is 1.71 bits per heavy atom. The molecule has 0 aromatic carbocycles. The van der Waals surface area contributed by atoms with Crippen LogP contribution < -0.4 is 0 Å². The zero-order valence-electron chi connectivity index (χ0n) is 10.7. The molecule has 0 saturated heterocycles.